The lowest BCUT2D eigenvalue weighted by Gasteiger charge is -2.20. The van der Waals surface area contributed by atoms with Crippen molar-refractivity contribution in [3.8, 4) is 5.75 Å². The van der Waals surface area contributed by atoms with Gasteiger partial charge in [0.15, 0.2) is 0 Å². The minimum Gasteiger partial charge on any atom is -0.507 e. The first-order valence-corrected chi connectivity index (χ1v) is 5.69. The minimum atomic E-state index is -0.0921. The van der Waals surface area contributed by atoms with Gasteiger partial charge in [-0.25, -0.2) is 0 Å². The van der Waals surface area contributed by atoms with Crippen LogP contribution in [0.4, 0.5) is 0 Å². The van der Waals surface area contributed by atoms with Gasteiger partial charge < -0.3 is 10.0 Å². The van der Waals surface area contributed by atoms with Crippen molar-refractivity contribution in [3.63, 3.8) is 0 Å². The molecule has 1 N–H and O–H groups in total. The number of hydrogen-bond acceptors (Lipinski definition) is 2. The van der Waals surface area contributed by atoms with E-state index in [0.29, 0.717) is 12.1 Å². The van der Waals surface area contributed by atoms with E-state index < -0.39 is 0 Å². The molecule has 0 aliphatic heterocycles. The summed E-state index contributed by atoms with van der Waals surface area (Å²) >= 11 is 0. The maximum absolute atomic E-state index is 12.1. The Morgan fingerprint density at radius 2 is 2.06 bits per heavy atom. The molecule has 0 atom stereocenters. The molecule has 0 radical (unpaired) electrons. The Kier molecular flexibility index (Phi) is 4.35. The average molecular weight is 221 g/mol. The second kappa shape index (κ2) is 5.54. The van der Waals surface area contributed by atoms with E-state index in [9.17, 15) is 9.90 Å². The Bertz CT molecular complexity index is 374. The van der Waals surface area contributed by atoms with Crippen LogP contribution in [0.1, 0.15) is 36.2 Å². The molecule has 16 heavy (non-hydrogen) atoms. The molecule has 0 unspecified atom stereocenters. The number of amides is 1. The normalized spacial score (nSPS) is 10.2. The summed E-state index contributed by atoms with van der Waals surface area (Å²) in [6.45, 7) is 7.16. The lowest BCUT2D eigenvalue weighted by molar-refractivity contribution is 0.0761. The van der Waals surface area contributed by atoms with Gasteiger partial charge in [-0.3, -0.25) is 4.79 Å². The van der Waals surface area contributed by atoms with Crippen LogP contribution in [0.25, 0.3) is 0 Å². The van der Waals surface area contributed by atoms with Crippen LogP contribution in [0.15, 0.2) is 18.2 Å². The summed E-state index contributed by atoms with van der Waals surface area (Å²) in [5, 5.41) is 9.83. The van der Waals surface area contributed by atoms with Crippen LogP contribution in [0, 0.1) is 6.92 Å². The van der Waals surface area contributed by atoms with Crippen molar-refractivity contribution in [2.24, 2.45) is 0 Å². The molecule has 0 spiro atoms. The molecule has 0 saturated heterocycles. The Morgan fingerprint density at radius 1 is 1.38 bits per heavy atom. The number of aryl methyl sites for hydroxylation is 1. The Balaban J connectivity index is 2.99. The summed E-state index contributed by atoms with van der Waals surface area (Å²) in [6, 6.07) is 5.26. The van der Waals surface area contributed by atoms with E-state index in [4.69, 9.17) is 0 Å². The van der Waals surface area contributed by atoms with Gasteiger partial charge in [0.25, 0.3) is 5.91 Å². The highest BCUT2D eigenvalue weighted by atomic mass is 16.3. The highest BCUT2D eigenvalue weighted by molar-refractivity contribution is 5.97. The molecule has 0 bridgehead atoms. The summed E-state index contributed by atoms with van der Waals surface area (Å²) in [4.78, 5) is 13.8. The van der Waals surface area contributed by atoms with E-state index in [1.165, 1.54) is 0 Å². The molecule has 88 valence electrons. The van der Waals surface area contributed by atoms with Gasteiger partial charge in [-0.05, 0) is 31.9 Å². The van der Waals surface area contributed by atoms with Crippen LogP contribution in [-0.2, 0) is 0 Å². The molecule has 3 nitrogen and oxygen atoms in total. The molecule has 1 amide bonds. The van der Waals surface area contributed by atoms with E-state index in [2.05, 4.69) is 0 Å². The SMILES string of the molecule is CCCN(CC)C(=O)c1cccc(C)c1O. The van der Waals surface area contributed by atoms with Gasteiger partial charge in [0.05, 0.1) is 5.56 Å². The zero-order chi connectivity index (χ0) is 12.1. The van der Waals surface area contributed by atoms with Crippen molar-refractivity contribution in [1.82, 2.24) is 4.90 Å². The predicted octanol–water partition coefficient (Wildman–Crippen LogP) is 2.57. The Hall–Kier alpha value is -1.51. The van der Waals surface area contributed by atoms with Gasteiger partial charge in [0, 0.05) is 13.1 Å². The molecule has 3 heteroatoms. The lowest BCUT2D eigenvalue weighted by atomic mass is 10.1. The third-order valence-corrected chi connectivity index (χ3v) is 2.63. The van der Waals surface area contributed by atoms with Crippen LogP contribution in [0.5, 0.6) is 5.75 Å². The van der Waals surface area contributed by atoms with E-state index >= 15 is 0 Å². The van der Waals surface area contributed by atoms with E-state index in [1.54, 1.807) is 30.0 Å². The molecule has 1 rings (SSSR count). The van der Waals surface area contributed by atoms with Gasteiger partial charge in [0.1, 0.15) is 5.75 Å². The second-order valence-corrected chi connectivity index (χ2v) is 3.86. The van der Waals surface area contributed by atoms with Crippen molar-refractivity contribution in [1.29, 1.82) is 0 Å². The average Bonchev–Trinajstić information content (AvgIpc) is 2.29. The van der Waals surface area contributed by atoms with Crippen LogP contribution in [-0.4, -0.2) is 29.0 Å². The van der Waals surface area contributed by atoms with E-state index in [-0.39, 0.29) is 11.7 Å². The second-order valence-electron chi connectivity index (χ2n) is 3.86. The van der Waals surface area contributed by atoms with Crippen molar-refractivity contribution in [2.75, 3.05) is 13.1 Å². The maximum Gasteiger partial charge on any atom is 0.257 e. The molecule has 0 fully saturated rings. The third-order valence-electron chi connectivity index (χ3n) is 2.63. The van der Waals surface area contributed by atoms with Crippen molar-refractivity contribution < 1.29 is 9.90 Å². The molecular weight excluding hydrogens is 202 g/mol. The Morgan fingerprint density at radius 3 is 2.62 bits per heavy atom. The highest BCUT2D eigenvalue weighted by Gasteiger charge is 2.17. The lowest BCUT2D eigenvalue weighted by Crippen LogP contribution is -2.31. The number of aromatic hydroxyl groups is 1. The smallest absolute Gasteiger partial charge is 0.257 e. The number of carbonyl (C=O) groups is 1. The molecule has 1 aromatic carbocycles. The van der Waals surface area contributed by atoms with Gasteiger partial charge in [-0.15, -0.1) is 0 Å². The first-order chi connectivity index (χ1) is 7.61. The number of phenols is 1. The molecule has 1 aromatic rings. The fraction of sp³-hybridized carbons (Fsp3) is 0.462. The van der Waals surface area contributed by atoms with Crippen molar-refractivity contribution >= 4 is 5.91 Å². The molecule has 0 aliphatic carbocycles. The molecule has 0 saturated carbocycles. The fourth-order valence-electron chi connectivity index (χ4n) is 1.68. The van der Waals surface area contributed by atoms with Gasteiger partial charge >= 0.3 is 0 Å². The first kappa shape index (κ1) is 12.6. The minimum absolute atomic E-state index is 0.0921. The summed E-state index contributed by atoms with van der Waals surface area (Å²) in [5.74, 6) is 0.00704. The topological polar surface area (TPSA) is 40.5 Å². The van der Waals surface area contributed by atoms with Crippen LogP contribution >= 0.6 is 0 Å². The zero-order valence-corrected chi connectivity index (χ0v) is 10.2. The number of para-hydroxylation sites is 1. The monoisotopic (exact) mass is 221 g/mol. The van der Waals surface area contributed by atoms with Crippen LogP contribution < -0.4 is 0 Å². The highest BCUT2D eigenvalue weighted by Crippen LogP contribution is 2.22. The number of hydrogen-bond donors (Lipinski definition) is 1. The Labute approximate surface area is 96.7 Å². The molecule has 0 heterocycles. The quantitative estimate of drug-likeness (QED) is 0.849. The number of nitrogens with zero attached hydrogens (tertiary/aromatic N) is 1. The van der Waals surface area contributed by atoms with Crippen molar-refractivity contribution in [2.45, 2.75) is 27.2 Å². The predicted molar refractivity (Wildman–Crippen MR) is 64.7 cm³/mol. The standard InChI is InChI=1S/C13H19NO2/c1-4-9-14(5-2)13(16)11-8-6-7-10(3)12(11)15/h6-8,15H,4-5,9H2,1-3H3. The number of rotatable bonds is 4. The number of carbonyl (C=O) groups excluding carboxylic acids is 1. The van der Waals surface area contributed by atoms with Gasteiger partial charge in [-0.2, -0.15) is 0 Å². The largest absolute Gasteiger partial charge is 0.507 e. The third kappa shape index (κ3) is 2.54. The summed E-state index contributed by atoms with van der Waals surface area (Å²) in [6.07, 6.45) is 0.923. The van der Waals surface area contributed by atoms with Gasteiger partial charge in [-0.1, -0.05) is 19.1 Å². The van der Waals surface area contributed by atoms with E-state index in [1.807, 2.05) is 13.8 Å². The maximum atomic E-state index is 12.1. The van der Waals surface area contributed by atoms with Gasteiger partial charge in [0.2, 0.25) is 0 Å². The van der Waals surface area contributed by atoms with Crippen LogP contribution in [0.3, 0.4) is 0 Å². The molecular formula is C13H19NO2. The molecule has 0 aromatic heterocycles. The van der Waals surface area contributed by atoms with E-state index in [0.717, 1.165) is 18.5 Å². The fourth-order valence-corrected chi connectivity index (χ4v) is 1.68. The van der Waals surface area contributed by atoms with Crippen molar-refractivity contribution in [3.05, 3.63) is 29.3 Å². The first-order valence-electron chi connectivity index (χ1n) is 5.69. The number of benzene rings is 1. The summed E-state index contributed by atoms with van der Waals surface area (Å²) in [5.41, 5.74) is 1.13. The summed E-state index contributed by atoms with van der Waals surface area (Å²) in [7, 11) is 0. The summed E-state index contributed by atoms with van der Waals surface area (Å²) < 4.78 is 0. The van der Waals surface area contributed by atoms with Crippen LogP contribution in [0.2, 0.25) is 0 Å². The molecule has 0 aliphatic rings. The number of phenolic OH excluding ortho intramolecular Hbond substituents is 1. The zero-order valence-electron chi connectivity index (χ0n) is 10.2.